The zero-order valence-electron chi connectivity index (χ0n) is 14.0. The molecule has 2 fully saturated rings. The molecule has 0 saturated heterocycles. The van der Waals surface area contributed by atoms with Crippen LogP contribution in [-0.2, 0) is 11.3 Å². The molecule has 2 aliphatic rings. The number of nitrogens with zero attached hydrogens (tertiary/aromatic N) is 1. The van der Waals surface area contributed by atoms with Crippen LogP contribution in [0.5, 0.6) is 0 Å². The standard InChI is InChI=1S/C19H28N2O/c1-13(2)16-6-4-15(5-7-16)12-21(18-10-11-18)14(3)19(22)20-17-8-9-17/h4-7,13-14,17-18H,8-12H2,1-3H3,(H,20,22)/t14-/m1/s1. The molecule has 0 spiro atoms. The third kappa shape index (κ3) is 3.89. The third-order valence-corrected chi connectivity index (χ3v) is 4.83. The van der Waals surface area contributed by atoms with Crippen LogP contribution in [0.15, 0.2) is 24.3 Å². The van der Waals surface area contributed by atoms with Crippen LogP contribution in [0, 0.1) is 0 Å². The van der Waals surface area contributed by atoms with E-state index in [2.05, 4.69) is 55.3 Å². The van der Waals surface area contributed by atoms with E-state index in [9.17, 15) is 4.79 Å². The van der Waals surface area contributed by atoms with Crippen molar-refractivity contribution in [1.82, 2.24) is 10.2 Å². The lowest BCUT2D eigenvalue weighted by Crippen LogP contribution is -2.46. The molecule has 1 amide bonds. The van der Waals surface area contributed by atoms with Crippen molar-refractivity contribution in [1.29, 1.82) is 0 Å². The Morgan fingerprint density at radius 1 is 1.14 bits per heavy atom. The topological polar surface area (TPSA) is 32.3 Å². The van der Waals surface area contributed by atoms with Gasteiger partial charge in [0, 0.05) is 18.6 Å². The zero-order chi connectivity index (χ0) is 15.7. The van der Waals surface area contributed by atoms with Crippen LogP contribution in [0.25, 0.3) is 0 Å². The van der Waals surface area contributed by atoms with Gasteiger partial charge in [0.25, 0.3) is 0 Å². The smallest absolute Gasteiger partial charge is 0.237 e. The average Bonchev–Trinajstić information content (AvgIpc) is 3.37. The molecule has 0 heterocycles. The maximum absolute atomic E-state index is 12.3. The minimum atomic E-state index is -0.0297. The zero-order valence-corrected chi connectivity index (χ0v) is 14.0. The molecule has 3 heteroatoms. The Balaban J connectivity index is 1.64. The molecule has 2 aliphatic carbocycles. The maximum Gasteiger partial charge on any atom is 0.237 e. The second kappa shape index (κ2) is 6.41. The van der Waals surface area contributed by atoms with E-state index in [4.69, 9.17) is 0 Å². The summed E-state index contributed by atoms with van der Waals surface area (Å²) in [7, 11) is 0. The quantitative estimate of drug-likeness (QED) is 0.836. The van der Waals surface area contributed by atoms with Crippen molar-refractivity contribution in [3.05, 3.63) is 35.4 Å². The van der Waals surface area contributed by atoms with E-state index in [0.29, 0.717) is 18.0 Å². The van der Waals surface area contributed by atoms with Gasteiger partial charge in [0.15, 0.2) is 0 Å². The minimum Gasteiger partial charge on any atom is -0.352 e. The lowest BCUT2D eigenvalue weighted by molar-refractivity contribution is -0.126. The van der Waals surface area contributed by atoms with Crippen LogP contribution in [0.2, 0.25) is 0 Å². The SMILES string of the molecule is CC(C)c1ccc(CN(C2CC2)[C@H](C)C(=O)NC2CC2)cc1. The third-order valence-electron chi connectivity index (χ3n) is 4.83. The van der Waals surface area contributed by atoms with Crippen molar-refractivity contribution in [2.75, 3.05) is 0 Å². The fraction of sp³-hybridized carbons (Fsp3) is 0.632. The van der Waals surface area contributed by atoms with Gasteiger partial charge in [-0.25, -0.2) is 0 Å². The first-order chi connectivity index (χ1) is 10.5. The largest absolute Gasteiger partial charge is 0.352 e. The lowest BCUT2D eigenvalue weighted by atomic mass is 10.0. The molecule has 1 atom stereocenters. The van der Waals surface area contributed by atoms with E-state index in [1.54, 1.807) is 0 Å². The summed E-state index contributed by atoms with van der Waals surface area (Å²) in [5.41, 5.74) is 2.68. The fourth-order valence-electron chi connectivity index (χ4n) is 2.91. The van der Waals surface area contributed by atoms with E-state index in [1.807, 2.05) is 0 Å². The normalized spacial score (nSPS) is 19.5. The van der Waals surface area contributed by atoms with Gasteiger partial charge in [-0.3, -0.25) is 9.69 Å². The number of amides is 1. The second-order valence-corrected chi connectivity index (χ2v) is 7.26. The number of hydrogen-bond acceptors (Lipinski definition) is 2. The molecule has 0 aliphatic heterocycles. The van der Waals surface area contributed by atoms with Gasteiger partial charge < -0.3 is 5.32 Å². The van der Waals surface area contributed by atoms with Gasteiger partial charge in [-0.15, -0.1) is 0 Å². The first-order valence-electron chi connectivity index (χ1n) is 8.69. The monoisotopic (exact) mass is 300 g/mol. The molecule has 3 rings (SSSR count). The van der Waals surface area contributed by atoms with Gasteiger partial charge >= 0.3 is 0 Å². The van der Waals surface area contributed by atoms with Crippen molar-refractivity contribution >= 4 is 5.91 Å². The summed E-state index contributed by atoms with van der Waals surface area (Å²) in [6, 6.07) is 9.89. The summed E-state index contributed by atoms with van der Waals surface area (Å²) >= 11 is 0. The highest BCUT2D eigenvalue weighted by Gasteiger charge is 2.36. The van der Waals surface area contributed by atoms with Crippen LogP contribution >= 0.6 is 0 Å². The Hall–Kier alpha value is -1.35. The van der Waals surface area contributed by atoms with Gasteiger partial charge in [-0.2, -0.15) is 0 Å². The summed E-state index contributed by atoms with van der Waals surface area (Å²) in [5.74, 6) is 0.769. The second-order valence-electron chi connectivity index (χ2n) is 7.26. The molecule has 3 nitrogen and oxygen atoms in total. The van der Waals surface area contributed by atoms with Crippen LogP contribution in [0.3, 0.4) is 0 Å². The van der Waals surface area contributed by atoms with Crippen molar-refractivity contribution in [3.8, 4) is 0 Å². The van der Waals surface area contributed by atoms with Crippen LogP contribution in [0.4, 0.5) is 0 Å². The number of nitrogens with one attached hydrogen (secondary N) is 1. The van der Waals surface area contributed by atoms with Gasteiger partial charge in [0.05, 0.1) is 6.04 Å². The molecule has 120 valence electrons. The molecule has 1 aromatic rings. The first kappa shape index (κ1) is 15.5. The van der Waals surface area contributed by atoms with Crippen molar-refractivity contribution in [3.63, 3.8) is 0 Å². The molecular weight excluding hydrogens is 272 g/mol. The predicted molar refractivity (Wildman–Crippen MR) is 89.7 cm³/mol. The van der Waals surface area contributed by atoms with Crippen molar-refractivity contribution < 1.29 is 4.79 Å². The molecule has 0 unspecified atom stereocenters. The Bertz CT molecular complexity index is 515. The first-order valence-corrected chi connectivity index (χ1v) is 8.69. The Morgan fingerprint density at radius 3 is 2.27 bits per heavy atom. The van der Waals surface area contributed by atoms with Gasteiger partial charge in [0.1, 0.15) is 0 Å². The summed E-state index contributed by atoms with van der Waals surface area (Å²) in [5, 5.41) is 3.15. The van der Waals surface area contributed by atoms with Crippen molar-refractivity contribution in [2.24, 2.45) is 0 Å². The highest BCUT2D eigenvalue weighted by molar-refractivity contribution is 5.82. The molecular formula is C19H28N2O. The molecule has 0 bridgehead atoms. The summed E-state index contributed by atoms with van der Waals surface area (Å²) in [4.78, 5) is 14.7. The van der Waals surface area contributed by atoms with Crippen LogP contribution < -0.4 is 5.32 Å². The Morgan fingerprint density at radius 2 is 1.77 bits per heavy atom. The van der Waals surface area contributed by atoms with E-state index < -0.39 is 0 Å². The minimum absolute atomic E-state index is 0.0297. The number of hydrogen-bond donors (Lipinski definition) is 1. The van der Waals surface area contributed by atoms with E-state index in [-0.39, 0.29) is 11.9 Å². The number of benzene rings is 1. The summed E-state index contributed by atoms with van der Waals surface area (Å²) in [6.07, 6.45) is 4.76. The molecule has 2 saturated carbocycles. The summed E-state index contributed by atoms with van der Waals surface area (Å²) < 4.78 is 0. The van der Waals surface area contributed by atoms with Gasteiger partial charge in [-0.1, -0.05) is 38.1 Å². The van der Waals surface area contributed by atoms with Crippen LogP contribution in [0.1, 0.15) is 63.5 Å². The number of carbonyl (C=O) groups excluding carboxylic acids is 1. The molecule has 0 radical (unpaired) electrons. The number of carbonyl (C=O) groups is 1. The average molecular weight is 300 g/mol. The molecule has 22 heavy (non-hydrogen) atoms. The van der Waals surface area contributed by atoms with E-state index >= 15 is 0 Å². The maximum atomic E-state index is 12.3. The van der Waals surface area contributed by atoms with Gasteiger partial charge in [0.2, 0.25) is 5.91 Å². The van der Waals surface area contributed by atoms with Gasteiger partial charge in [-0.05, 0) is 49.7 Å². The van der Waals surface area contributed by atoms with Crippen molar-refractivity contribution in [2.45, 2.75) is 77.0 Å². The van der Waals surface area contributed by atoms with E-state index in [0.717, 1.165) is 19.4 Å². The fourth-order valence-corrected chi connectivity index (χ4v) is 2.91. The summed E-state index contributed by atoms with van der Waals surface area (Å²) in [6.45, 7) is 7.37. The molecule has 1 N–H and O–H groups in total. The van der Waals surface area contributed by atoms with E-state index in [1.165, 1.54) is 24.0 Å². The Kier molecular flexibility index (Phi) is 4.53. The lowest BCUT2D eigenvalue weighted by Gasteiger charge is -2.28. The highest BCUT2D eigenvalue weighted by atomic mass is 16.2. The highest BCUT2D eigenvalue weighted by Crippen LogP contribution is 2.31. The predicted octanol–water partition coefficient (Wildman–Crippen LogP) is 3.44. The van der Waals surface area contributed by atoms with Crippen LogP contribution in [-0.4, -0.2) is 28.9 Å². The Labute approximate surface area is 134 Å². The number of rotatable bonds is 7. The molecule has 1 aromatic carbocycles. The molecule has 0 aromatic heterocycles.